The number of nitrogens with two attached hydrogens (primary N) is 1. The molecule has 2 rings (SSSR count). The third-order valence-corrected chi connectivity index (χ3v) is 2.78. The fourth-order valence-electron chi connectivity index (χ4n) is 1.86. The SMILES string of the molecule is Nc1ncc(N2C[C@H](CO)[C@@H](O)C2)c(=O)[nH]1. The van der Waals surface area contributed by atoms with E-state index in [1.807, 2.05) is 0 Å². The average Bonchev–Trinajstić information content (AvgIpc) is 2.59. The second kappa shape index (κ2) is 4.11. The smallest absolute Gasteiger partial charge is 0.275 e. The molecule has 0 aliphatic carbocycles. The summed E-state index contributed by atoms with van der Waals surface area (Å²) in [5.41, 5.74) is 5.36. The third-order valence-electron chi connectivity index (χ3n) is 2.78. The zero-order valence-electron chi connectivity index (χ0n) is 8.63. The summed E-state index contributed by atoms with van der Waals surface area (Å²) in [4.78, 5) is 19.4. The van der Waals surface area contributed by atoms with Crippen LogP contribution in [0.2, 0.25) is 0 Å². The van der Waals surface area contributed by atoms with Gasteiger partial charge in [0.05, 0.1) is 18.9 Å². The van der Waals surface area contributed by atoms with E-state index in [1.54, 1.807) is 4.90 Å². The Kier molecular flexibility index (Phi) is 2.80. The number of β-amino-alcohol motifs (C(OH)–C–C–N with tert-alkyl or cyclic N) is 1. The zero-order valence-corrected chi connectivity index (χ0v) is 8.63. The summed E-state index contributed by atoms with van der Waals surface area (Å²) in [6, 6.07) is 0. The molecule has 0 unspecified atom stereocenters. The summed E-state index contributed by atoms with van der Waals surface area (Å²) < 4.78 is 0. The second-order valence-corrected chi connectivity index (χ2v) is 3.90. The maximum absolute atomic E-state index is 11.6. The van der Waals surface area contributed by atoms with Gasteiger partial charge < -0.3 is 20.8 Å². The van der Waals surface area contributed by atoms with Crippen molar-refractivity contribution in [2.45, 2.75) is 6.10 Å². The maximum atomic E-state index is 11.6. The number of hydrogen-bond donors (Lipinski definition) is 4. The molecular weight excluding hydrogens is 212 g/mol. The molecule has 1 aliphatic heterocycles. The summed E-state index contributed by atoms with van der Waals surface area (Å²) >= 11 is 0. The molecule has 2 atom stereocenters. The van der Waals surface area contributed by atoms with Crippen LogP contribution in [-0.2, 0) is 0 Å². The maximum Gasteiger partial charge on any atom is 0.275 e. The van der Waals surface area contributed by atoms with Gasteiger partial charge in [-0.1, -0.05) is 0 Å². The number of nitrogens with one attached hydrogen (secondary N) is 1. The quantitative estimate of drug-likeness (QED) is 0.470. The van der Waals surface area contributed by atoms with Gasteiger partial charge in [-0.2, -0.15) is 0 Å². The van der Waals surface area contributed by atoms with E-state index in [4.69, 9.17) is 10.8 Å². The fourth-order valence-corrected chi connectivity index (χ4v) is 1.86. The van der Waals surface area contributed by atoms with Crippen LogP contribution in [0.3, 0.4) is 0 Å². The van der Waals surface area contributed by atoms with Gasteiger partial charge in [-0.05, 0) is 0 Å². The molecule has 16 heavy (non-hydrogen) atoms. The van der Waals surface area contributed by atoms with Crippen LogP contribution in [0.15, 0.2) is 11.0 Å². The van der Waals surface area contributed by atoms with Crippen LogP contribution in [0.25, 0.3) is 0 Å². The molecule has 1 saturated heterocycles. The first kappa shape index (κ1) is 10.9. The summed E-state index contributed by atoms with van der Waals surface area (Å²) in [7, 11) is 0. The van der Waals surface area contributed by atoms with Crippen molar-refractivity contribution in [1.29, 1.82) is 0 Å². The minimum Gasteiger partial charge on any atom is -0.396 e. The van der Waals surface area contributed by atoms with E-state index in [0.717, 1.165) is 0 Å². The number of aromatic nitrogens is 2. The number of nitrogens with zero attached hydrogens (tertiary/aromatic N) is 2. The van der Waals surface area contributed by atoms with Crippen molar-refractivity contribution in [2.24, 2.45) is 5.92 Å². The topological polar surface area (TPSA) is 115 Å². The van der Waals surface area contributed by atoms with Crippen LogP contribution in [0.5, 0.6) is 0 Å². The molecule has 7 nitrogen and oxygen atoms in total. The van der Waals surface area contributed by atoms with Crippen molar-refractivity contribution >= 4 is 11.6 Å². The number of anilines is 2. The number of H-pyrrole nitrogens is 1. The Hall–Kier alpha value is -1.60. The molecule has 2 heterocycles. The molecule has 88 valence electrons. The van der Waals surface area contributed by atoms with Gasteiger partial charge in [-0.15, -0.1) is 0 Å². The standard InChI is InChI=1S/C9H14N4O3/c10-9-11-1-6(8(16)12-9)13-2-5(4-14)7(15)3-13/h1,5,7,14-15H,2-4H2,(H3,10,11,12,16)/t5-,7+/m1/s1. The molecule has 0 aromatic carbocycles. The summed E-state index contributed by atoms with van der Waals surface area (Å²) in [6.45, 7) is 0.657. The lowest BCUT2D eigenvalue weighted by molar-refractivity contribution is 0.104. The molecular formula is C9H14N4O3. The first-order valence-corrected chi connectivity index (χ1v) is 5.00. The van der Waals surface area contributed by atoms with E-state index in [-0.39, 0.29) is 24.0 Å². The van der Waals surface area contributed by atoms with Gasteiger partial charge in [-0.3, -0.25) is 9.78 Å². The van der Waals surface area contributed by atoms with Crippen molar-refractivity contribution in [3.8, 4) is 0 Å². The average molecular weight is 226 g/mol. The van der Waals surface area contributed by atoms with Gasteiger partial charge in [0.15, 0.2) is 5.95 Å². The molecule has 7 heteroatoms. The number of aromatic amines is 1. The highest BCUT2D eigenvalue weighted by molar-refractivity contribution is 5.45. The Morgan fingerprint density at radius 2 is 2.38 bits per heavy atom. The van der Waals surface area contributed by atoms with Gasteiger partial charge in [0.25, 0.3) is 5.56 Å². The summed E-state index contributed by atoms with van der Waals surface area (Å²) in [5, 5.41) is 18.6. The van der Waals surface area contributed by atoms with Crippen LogP contribution >= 0.6 is 0 Å². The van der Waals surface area contributed by atoms with Crippen molar-refractivity contribution in [1.82, 2.24) is 9.97 Å². The highest BCUT2D eigenvalue weighted by atomic mass is 16.3. The van der Waals surface area contributed by atoms with E-state index < -0.39 is 6.10 Å². The van der Waals surface area contributed by atoms with Gasteiger partial charge >= 0.3 is 0 Å². The van der Waals surface area contributed by atoms with E-state index in [1.165, 1.54) is 6.20 Å². The zero-order chi connectivity index (χ0) is 11.7. The molecule has 0 spiro atoms. The van der Waals surface area contributed by atoms with Gasteiger partial charge in [0.2, 0.25) is 0 Å². The second-order valence-electron chi connectivity index (χ2n) is 3.90. The van der Waals surface area contributed by atoms with Crippen LogP contribution in [0, 0.1) is 5.92 Å². The van der Waals surface area contributed by atoms with Gasteiger partial charge in [-0.25, -0.2) is 4.98 Å². The van der Waals surface area contributed by atoms with E-state index >= 15 is 0 Å². The van der Waals surface area contributed by atoms with E-state index in [0.29, 0.717) is 18.8 Å². The largest absolute Gasteiger partial charge is 0.396 e. The van der Waals surface area contributed by atoms with E-state index in [2.05, 4.69) is 9.97 Å². The van der Waals surface area contributed by atoms with E-state index in [9.17, 15) is 9.90 Å². The Labute approximate surface area is 91.5 Å². The number of aliphatic hydroxyl groups excluding tert-OH is 2. The highest BCUT2D eigenvalue weighted by Crippen LogP contribution is 2.20. The van der Waals surface area contributed by atoms with Crippen LogP contribution in [0.4, 0.5) is 11.6 Å². The normalized spacial score (nSPS) is 25.0. The lowest BCUT2D eigenvalue weighted by Crippen LogP contribution is -2.28. The number of nitrogen functional groups attached to an aromatic ring is 1. The number of aliphatic hydroxyl groups is 2. The predicted octanol–water partition coefficient (Wildman–Crippen LogP) is -1.86. The molecule has 1 aromatic rings. The Bertz CT molecular complexity index is 433. The molecule has 0 amide bonds. The minimum absolute atomic E-state index is 0.0622. The Morgan fingerprint density at radius 1 is 1.62 bits per heavy atom. The molecule has 0 radical (unpaired) electrons. The molecule has 1 fully saturated rings. The Balaban J connectivity index is 2.23. The number of rotatable bonds is 2. The molecule has 0 saturated carbocycles. The number of hydrogen-bond acceptors (Lipinski definition) is 6. The minimum atomic E-state index is -0.623. The lowest BCUT2D eigenvalue weighted by Gasteiger charge is -2.16. The monoisotopic (exact) mass is 226 g/mol. The molecule has 1 aromatic heterocycles. The van der Waals surface area contributed by atoms with Crippen molar-refractivity contribution < 1.29 is 10.2 Å². The lowest BCUT2D eigenvalue weighted by atomic mass is 10.1. The molecule has 0 bridgehead atoms. The fraction of sp³-hybridized carbons (Fsp3) is 0.556. The molecule has 5 N–H and O–H groups in total. The van der Waals surface area contributed by atoms with Crippen LogP contribution in [-0.4, -0.2) is 46.0 Å². The first-order chi connectivity index (χ1) is 7.61. The summed E-state index contributed by atoms with van der Waals surface area (Å²) in [6.07, 6.45) is 0.752. The van der Waals surface area contributed by atoms with Crippen molar-refractivity contribution in [3.05, 3.63) is 16.6 Å². The Morgan fingerprint density at radius 3 is 2.94 bits per heavy atom. The van der Waals surface area contributed by atoms with Crippen LogP contribution < -0.4 is 16.2 Å². The predicted molar refractivity (Wildman–Crippen MR) is 58.1 cm³/mol. The van der Waals surface area contributed by atoms with Crippen molar-refractivity contribution in [2.75, 3.05) is 30.3 Å². The van der Waals surface area contributed by atoms with Crippen LogP contribution in [0.1, 0.15) is 0 Å². The highest BCUT2D eigenvalue weighted by Gasteiger charge is 2.31. The summed E-state index contributed by atoms with van der Waals surface area (Å²) in [5.74, 6) is -0.163. The van der Waals surface area contributed by atoms with Crippen molar-refractivity contribution in [3.63, 3.8) is 0 Å². The molecule has 1 aliphatic rings. The first-order valence-electron chi connectivity index (χ1n) is 5.00. The third kappa shape index (κ3) is 1.86. The van der Waals surface area contributed by atoms with Gasteiger partial charge in [0.1, 0.15) is 5.69 Å². The van der Waals surface area contributed by atoms with Gasteiger partial charge in [0, 0.05) is 19.0 Å².